The van der Waals surface area contributed by atoms with Gasteiger partial charge in [-0.05, 0) is 37.0 Å². The summed E-state index contributed by atoms with van der Waals surface area (Å²) in [5, 5.41) is 3.71. The third-order valence-corrected chi connectivity index (χ3v) is 6.40. The van der Waals surface area contributed by atoms with Crippen molar-refractivity contribution in [2.45, 2.75) is 32.9 Å². The fourth-order valence-corrected chi connectivity index (χ4v) is 4.55. The Morgan fingerprint density at radius 3 is 2.43 bits per heavy atom. The van der Waals surface area contributed by atoms with Crippen LogP contribution in [0.4, 0.5) is 0 Å². The van der Waals surface area contributed by atoms with Gasteiger partial charge in [-0.25, -0.2) is 4.98 Å². The Bertz CT molecular complexity index is 1230. The first-order chi connectivity index (χ1) is 14.5. The Morgan fingerprint density at radius 1 is 1.07 bits per heavy atom. The maximum absolute atomic E-state index is 12.9. The van der Waals surface area contributed by atoms with Crippen molar-refractivity contribution in [1.82, 2.24) is 14.9 Å². The van der Waals surface area contributed by atoms with E-state index in [-0.39, 0.29) is 24.1 Å². The summed E-state index contributed by atoms with van der Waals surface area (Å²) in [7, 11) is 0. The molecule has 0 saturated heterocycles. The smallest absolute Gasteiger partial charge is 0.262 e. The van der Waals surface area contributed by atoms with Crippen LogP contribution in [0.15, 0.2) is 71.8 Å². The minimum atomic E-state index is -0.215. The van der Waals surface area contributed by atoms with Crippen LogP contribution in [0.2, 0.25) is 0 Å². The predicted octanol–water partition coefficient (Wildman–Crippen LogP) is 4.18. The molecule has 30 heavy (non-hydrogen) atoms. The van der Waals surface area contributed by atoms with Gasteiger partial charge in [0, 0.05) is 4.88 Å². The van der Waals surface area contributed by atoms with Gasteiger partial charge in [0.25, 0.3) is 5.56 Å². The molecule has 5 nitrogen and oxygen atoms in total. The van der Waals surface area contributed by atoms with E-state index in [2.05, 4.69) is 10.3 Å². The van der Waals surface area contributed by atoms with Crippen LogP contribution in [-0.4, -0.2) is 15.5 Å². The molecule has 0 aliphatic carbocycles. The molecular weight excluding hydrogens is 394 g/mol. The van der Waals surface area contributed by atoms with E-state index in [1.54, 1.807) is 0 Å². The second-order valence-electron chi connectivity index (χ2n) is 7.36. The lowest BCUT2D eigenvalue weighted by molar-refractivity contribution is -0.122. The maximum Gasteiger partial charge on any atom is 0.262 e. The summed E-state index contributed by atoms with van der Waals surface area (Å²) in [6, 6.07) is 19.8. The van der Waals surface area contributed by atoms with Crippen LogP contribution in [0, 0.1) is 13.8 Å². The van der Waals surface area contributed by atoms with Crippen molar-refractivity contribution in [1.29, 1.82) is 0 Å². The third-order valence-electron chi connectivity index (χ3n) is 5.29. The number of benzene rings is 2. The summed E-state index contributed by atoms with van der Waals surface area (Å²) in [5.74, 6) is -0.215. The van der Waals surface area contributed by atoms with E-state index in [4.69, 9.17) is 0 Å². The van der Waals surface area contributed by atoms with Crippen LogP contribution in [0.1, 0.15) is 27.6 Å². The molecule has 2 aromatic carbocycles. The van der Waals surface area contributed by atoms with Crippen molar-refractivity contribution in [3.05, 3.63) is 98.9 Å². The largest absolute Gasteiger partial charge is 0.347 e. The number of rotatable bonds is 6. The maximum atomic E-state index is 12.9. The number of thiophene rings is 1. The minimum Gasteiger partial charge on any atom is -0.347 e. The van der Waals surface area contributed by atoms with Crippen LogP contribution < -0.4 is 10.9 Å². The van der Waals surface area contributed by atoms with Crippen LogP contribution in [0.3, 0.4) is 0 Å². The van der Waals surface area contributed by atoms with E-state index in [1.165, 1.54) is 22.2 Å². The van der Waals surface area contributed by atoms with Gasteiger partial charge in [-0.3, -0.25) is 14.2 Å². The lowest BCUT2D eigenvalue weighted by atomic mass is 9.99. The molecule has 0 aliphatic rings. The van der Waals surface area contributed by atoms with Gasteiger partial charge in [-0.15, -0.1) is 11.3 Å². The highest BCUT2D eigenvalue weighted by molar-refractivity contribution is 7.18. The van der Waals surface area contributed by atoms with Gasteiger partial charge in [-0.1, -0.05) is 60.7 Å². The lowest BCUT2D eigenvalue weighted by Gasteiger charge is -2.20. The van der Waals surface area contributed by atoms with Gasteiger partial charge in [0.05, 0.1) is 17.8 Å². The molecule has 0 aliphatic heterocycles. The first kappa shape index (κ1) is 20.0. The third kappa shape index (κ3) is 4.19. The quantitative estimate of drug-likeness (QED) is 0.512. The zero-order chi connectivity index (χ0) is 21.1. The van der Waals surface area contributed by atoms with E-state index in [0.29, 0.717) is 11.8 Å². The molecule has 1 unspecified atom stereocenters. The van der Waals surface area contributed by atoms with E-state index in [9.17, 15) is 9.59 Å². The Balaban J connectivity index is 1.57. The molecule has 2 heterocycles. The number of carbonyl (C=O) groups excluding carboxylic acids is 1. The van der Waals surface area contributed by atoms with E-state index in [0.717, 1.165) is 26.4 Å². The van der Waals surface area contributed by atoms with Gasteiger partial charge in [0.1, 0.15) is 11.4 Å². The molecule has 1 atom stereocenters. The molecule has 0 radical (unpaired) electrons. The summed E-state index contributed by atoms with van der Waals surface area (Å²) >= 11 is 1.50. The van der Waals surface area contributed by atoms with Gasteiger partial charge < -0.3 is 5.32 Å². The molecule has 152 valence electrons. The van der Waals surface area contributed by atoms with Crippen molar-refractivity contribution >= 4 is 27.5 Å². The molecule has 6 heteroatoms. The van der Waals surface area contributed by atoms with Gasteiger partial charge >= 0.3 is 0 Å². The highest BCUT2D eigenvalue weighted by atomic mass is 32.1. The monoisotopic (exact) mass is 417 g/mol. The Hall–Kier alpha value is -3.25. The number of hydrogen-bond acceptors (Lipinski definition) is 4. The number of aromatic nitrogens is 2. The Labute approximate surface area is 179 Å². The SMILES string of the molecule is Cc1sc2ncn(CC(=O)NC(Cc3ccccc3)c3ccccc3)c(=O)c2c1C. The molecule has 0 bridgehead atoms. The van der Waals surface area contributed by atoms with Crippen molar-refractivity contribution < 1.29 is 4.79 Å². The first-order valence-electron chi connectivity index (χ1n) is 9.86. The molecule has 1 N–H and O–H groups in total. The highest BCUT2D eigenvalue weighted by Gasteiger charge is 2.18. The molecule has 0 saturated carbocycles. The summed E-state index contributed by atoms with van der Waals surface area (Å²) in [6.07, 6.45) is 2.14. The molecule has 0 spiro atoms. The van der Waals surface area contributed by atoms with Crippen molar-refractivity contribution in [2.24, 2.45) is 0 Å². The van der Waals surface area contributed by atoms with Crippen LogP contribution in [-0.2, 0) is 17.8 Å². The summed E-state index contributed by atoms with van der Waals surface area (Å²) in [4.78, 5) is 31.9. The fourth-order valence-electron chi connectivity index (χ4n) is 3.56. The Morgan fingerprint density at radius 2 is 1.73 bits per heavy atom. The van der Waals surface area contributed by atoms with Crippen LogP contribution >= 0.6 is 11.3 Å². The number of amides is 1. The summed E-state index contributed by atoms with van der Waals surface area (Å²) in [6.45, 7) is 3.84. The van der Waals surface area contributed by atoms with Crippen LogP contribution in [0.25, 0.3) is 10.2 Å². The van der Waals surface area contributed by atoms with E-state index < -0.39 is 0 Å². The molecule has 4 rings (SSSR count). The van der Waals surface area contributed by atoms with E-state index in [1.807, 2.05) is 74.5 Å². The normalized spacial score (nSPS) is 12.1. The first-order valence-corrected chi connectivity index (χ1v) is 10.7. The highest BCUT2D eigenvalue weighted by Crippen LogP contribution is 2.25. The fraction of sp³-hybridized carbons (Fsp3) is 0.208. The Kier molecular flexibility index (Phi) is 5.77. The van der Waals surface area contributed by atoms with Crippen LogP contribution in [0.5, 0.6) is 0 Å². The zero-order valence-electron chi connectivity index (χ0n) is 17.0. The number of carbonyl (C=O) groups is 1. The topological polar surface area (TPSA) is 64.0 Å². The number of aryl methyl sites for hydroxylation is 2. The molecule has 1 amide bonds. The zero-order valence-corrected chi connectivity index (χ0v) is 17.8. The number of fused-ring (bicyclic) bond motifs is 1. The van der Waals surface area contributed by atoms with E-state index >= 15 is 0 Å². The average molecular weight is 418 g/mol. The van der Waals surface area contributed by atoms with Crippen molar-refractivity contribution in [3.8, 4) is 0 Å². The summed E-state index contributed by atoms with van der Waals surface area (Å²) in [5.41, 5.74) is 2.93. The standard InChI is InChI=1S/C24H23N3O2S/c1-16-17(2)30-23-22(16)24(29)27(15-25-23)14-21(28)26-20(19-11-7-4-8-12-19)13-18-9-5-3-6-10-18/h3-12,15,20H,13-14H2,1-2H3,(H,26,28). The second-order valence-corrected chi connectivity index (χ2v) is 8.56. The van der Waals surface area contributed by atoms with Crippen molar-refractivity contribution in [2.75, 3.05) is 0 Å². The number of nitrogens with one attached hydrogen (secondary N) is 1. The lowest BCUT2D eigenvalue weighted by Crippen LogP contribution is -2.35. The average Bonchev–Trinajstić information content (AvgIpc) is 3.05. The number of hydrogen-bond donors (Lipinski definition) is 1. The molecule has 0 fully saturated rings. The number of nitrogens with zero attached hydrogens (tertiary/aromatic N) is 2. The second kappa shape index (κ2) is 8.63. The predicted molar refractivity (Wildman–Crippen MR) is 121 cm³/mol. The molecule has 4 aromatic rings. The molecular formula is C24H23N3O2S. The van der Waals surface area contributed by atoms with Gasteiger partial charge in [0.2, 0.25) is 5.91 Å². The van der Waals surface area contributed by atoms with Gasteiger partial charge in [0.15, 0.2) is 0 Å². The van der Waals surface area contributed by atoms with Crippen molar-refractivity contribution in [3.63, 3.8) is 0 Å². The van der Waals surface area contributed by atoms with Gasteiger partial charge in [-0.2, -0.15) is 0 Å². The summed E-state index contributed by atoms with van der Waals surface area (Å²) < 4.78 is 1.39. The minimum absolute atomic E-state index is 0.0613. The molecule has 2 aromatic heterocycles.